The molecule has 1 unspecified atom stereocenters. The maximum atomic E-state index is 11.4. The number of carbonyl (C=O) groups excluding carboxylic acids is 2. The van der Waals surface area contributed by atoms with E-state index in [4.69, 9.17) is 32.7 Å². The molecule has 17 heavy (non-hydrogen) atoms. The topological polar surface area (TPSA) is 52.6 Å². The van der Waals surface area contributed by atoms with Crippen molar-refractivity contribution in [2.24, 2.45) is 0 Å². The molecule has 0 rings (SSSR count). The van der Waals surface area contributed by atoms with E-state index in [0.29, 0.717) is 0 Å². The molecule has 0 bridgehead atoms. The number of carbonyl (C=O) groups is 2. The first-order valence-electron chi connectivity index (χ1n) is 5.16. The lowest BCUT2D eigenvalue weighted by Gasteiger charge is -2.12. The van der Waals surface area contributed by atoms with Gasteiger partial charge in [0.2, 0.25) is 0 Å². The summed E-state index contributed by atoms with van der Waals surface area (Å²) in [5, 5.41) is -1.32. The molecule has 0 aromatic heterocycles. The summed E-state index contributed by atoms with van der Waals surface area (Å²) in [7, 11) is 0. The van der Waals surface area contributed by atoms with Crippen molar-refractivity contribution in [2.45, 2.75) is 45.3 Å². The second-order valence-corrected chi connectivity index (χ2v) is 4.74. The minimum atomic E-state index is -1.20. The summed E-state index contributed by atoms with van der Waals surface area (Å²) in [6.07, 6.45) is 0.413. The number of alkyl halides is 1. The van der Waals surface area contributed by atoms with E-state index in [9.17, 15) is 9.59 Å². The molecule has 0 amide bonds. The van der Waals surface area contributed by atoms with E-state index in [1.165, 1.54) is 0 Å². The van der Waals surface area contributed by atoms with Crippen LogP contribution in [0.25, 0.3) is 0 Å². The highest BCUT2D eigenvalue weighted by Gasteiger charge is 2.22. The minimum Gasteiger partial charge on any atom is -0.462 e. The number of hydrogen-bond donors (Lipinski definition) is 0. The van der Waals surface area contributed by atoms with Gasteiger partial charge in [0.05, 0.1) is 17.2 Å². The lowest BCUT2D eigenvalue weighted by atomic mass is 10.3. The molecule has 0 aliphatic rings. The predicted octanol–water partition coefficient (Wildman–Crippen LogP) is 2.62. The third-order valence-electron chi connectivity index (χ3n) is 1.41. The van der Waals surface area contributed by atoms with Crippen LogP contribution in [0.2, 0.25) is 0 Å². The molecule has 0 saturated carbocycles. The molecular formula is C11H16Cl2O4. The highest BCUT2D eigenvalue weighted by molar-refractivity contribution is 6.43. The quantitative estimate of drug-likeness (QED) is 0.442. The fourth-order valence-electron chi connectivity index (χ4n) is 0.857. The van der Waals surface area contributed by atoms with Crippen LogP contribution in [-0.4, -0.2) is 29.5 Å². The Labute approximate surface area is 111 Å². The van der Waals surface area contributed by atoms with Gasteiger partial charge in [-0.1, -0.05) is 11.6 Å². The molecule has 1 atom stereocenters. The number of halogens is 2. The molecule has 0 radical (unpaired) electrons. The van der Waals surface area contributed by atoms with Crippen molar-refractivity contribution in [2.75, 3.05) is 0 Å². The van der Waals surface area contributed by atoms with E-state index in [1.54, 1.807) is 27.7 Å². The van der Waals surface area contributed by atoms with E-state index >= 15 is 0 Å². The molecule has 0 aromatic rings. The third kappa shape index (κ3) is 7.23. The fraction of sp³-hybridized carbons (Fsp3) is 0.636. The summed E-state index contributed by atoms with van der Waals surface area (Å²) < 4.78 is 9.67. The Kier molecular flexibility index (Phi) is 7.23. The monoisotopic (exact) mass is 282 g/mol. The summed E-state index contributed by atoms with van der Waals surface area (Å²) in [4.78, 5) is 22.6. The van der Waals surface area contributed by atoms with Gasteiger partial charge in [0, 0.05) is 6.08 Å². The van der Waals surface area contributed by atoms with Crippen LogP contribution in [0.3, 0.4) is 0 Å². The lowest BCUT2D eigenvalue weighted by Crippen LogP contribution is -2.22. The molecule has 0 heterocycles. The van der Waals surface area contributed by atoms with Gasteiger partial charge >= 0.3 is 11.9 Å². The first-order valence-corrected chi connectivity index (χ1v) is 5.97. The Hall–Kier alpha value is -0.740. The number of esters is 2. The summed E-state index contributed by atoms with van der Waals surface area (Å²) >= 11 is 11.4. The van der Waals surface area contributed by atoms with Crippen LogP contribution in [0.4, 0.5) is 0 Å². The number of ether oxygens (including phenoxy) is 2. The Balaban J connectivity index is 4.47. The summed E-state index contributed by atoms with van der Waals surface area (Å²) in [5.41, 5.74) is 0. The van der Waals surface area contributed by atoms with Crippen molar-refractivity contribution in [1.29, 1.82) is 0 Å². The molecule has 0 saturated heterocycles. The molecule has 0 aromatic carbocycles. The van der Waals surface area contributed by atoms with Crippen molar-refractivity contribution in [3.63, 3.8) is 0 Å². The van der Waals surface area contributed by atoms with Crippen LogP contribution < -0.4 is 0 Å². The smallest absolute Gasteiger partial charge is 0.332 e. The van der Waals surface area contributed by atoms with Gasteiger partial charge in [-0.05, 0) is 27.7 Å². The molecule has 4 nitrogen and oxygen atoms in total. The van der Waals surface area contributed by atoms with Crippen molar-refractivity contribution in [1.82, 2.24) is 0 Å². The highest BCUT2D eigenvalue weighted by Crippen LogP contribution is 2.17. The SMILES string of the molecule is CC(C)OC(=O)/C=C(\Cl)C(Cl)C(=O)OC(C)C. The normalized spacial score (nSPS) is 13.8. The van der Waals surface area contributed by atoms with E-state index in [-0.39, 0.29) is 17.2 Å². The zero-order valence-electron chi connectivity index (χ0n) is 10.2. The maximum Gasteiger partial charge on any atom is 0.332 e. The van der Waals surface area contributed by atoms with E-state index in [1.807, 2.05) is 0 Å². The maximum absolute atomic E-state index is 11.4. The van der Waals surface area contributed by atoms with Crippen LogP contribution in [0.1, 0.15) is 27.7 Å². The van der Waals surface area contributed by atoms with E-state index in [0.717, 1.165) is 6.08 Å². The first kappa shape index (κ1) is 16.3. The first-order chi connectivity index (χ1) is 7.73. The molecule has 0 N–H and O–H groups in total. The molecule has 98 valence electrons. The zero-order valence-corrected chi connectivity index (χ0v) is 11.7. The Morgan fingerprint density at radius 1 is 1.06 bits per heavy atom. The van der Waals surface area contributed by atoms with Crippen LogP contribution in [-0.2, 0) is 19.1 Å². The predicted molar refractivity (Wildman–Crippen MR) is 66.0 cm³/mol. The summed E-state index contributed by atoms with van der Waals surface area (Å²) in [6, 6.07) is 0. The van der Waals surface area contributed by atoms with Crippen LogP contribution in [0, 0.1) is 0 Å². The lowest BCUT2D eigenvalue weighted by molar-refractivity contribution is -0.145. The van der Waals surface area contributed by atoms with Crippen molar-refractivity contribution in [3.05, 3.63) is 11.1 Å². The molecular weight excluding hydrogens is 267 g/mol. The van der Waals surface area contributed by atoms with Gasteiger partial charge in [-0.2, -0.15) is 0 Å². The van der Waals surface area contributed by atoms with Gasteiger partial charge in [0.25, 0.3) is 0 Å². The molecule has 0 fully saturated rings. The zero-order chi connectivity index (χ0) is 13.6. The van der Waals surface area contributed by atoms with E-state index in [2.05, 4.69) is 0 Å². The summed E-state index contributed by atoms with van der Waals surface area (Å²) in [6.45, 7) is 6.77. The minimum absolute atomic E-state index is 0.122. The van der Waals surface area contributed by atoms with Gasteiger partial charge < -0.3 is 9.47 Å². The van der Waals surface area contributed by atoms with Crippen molar-refractivity contribution < 1.29 is 19.1 Å². The molecule has 0 aliphatic heterocycles. The third-order valence-corrected chi connectivity index (χ3v) is 2.26. The van der Waals surface area contributed by atoms with Crippen LogP contribution >= 0.6 is 23.2 Å². The Morgan fingerprint density at radius 2 is 1.53 bits per heavy atom. The molecule has 0 aliphatic carbocycles. The van der Waals surface area contributed by atoms with Gasteiger partial charge in [-0.15, -0.1) is 11.6 Å². The van der Waals surface area contributed by atoms with Gasteiger partial charge in [0.15, 0.2) is 5.38 Å². The van der Waals surface area contributed by atoms with Crippen LogP contribution in [0.5, 0.6) is 0 Å². The molecule has 6 heteroatoms. The molecule has 0 spiro atoms. The average Bonchev–Trinajstić information content (AvgIpc) is 2.13. The Bertz CT molecular complexity index is 311. The van der Waals surface area contributed by atoms with Gasteiger partial charge in [-0.25, -0.2) is 4.79 Å². The average molecular weight is 283 g/mol. The highest BCUT2D eigenvalue weighted by atomic mass is 35.5. The second-order valence-electron chi connectivity index (χ2n) is 3.86. The van der Waals surface area contributed by atoms with Crippen LogP contribution in [0.15, 0.2) is 11.1 Å². The fourth-order valence-corrected chi connectivity index (χ4v) is 1.15. The van der Waals surface area contributed by atoms with Gasteiger partial charge in [0.1, 0.15) is 0 Å². The summed E-state index contributed by atoms with van der Waals surface area (Å²) in [5.74, 6) is -1.34. The number of hydrogen-bond acceptors (Lipinski definition) is 4. The van der Waals surface area contributed by atoms with Crippen molar-refractivity contribution >= 4 is 35.1 Å². The largest absolute Gasteiger partial charge is 0.462 e. The Morgan fingerprint density at radius 3 is 1.94 bits per heavy atom. The van der Waals surface area contributed by atoms with Crippen molar-refractivity contribution in [3.8, 4) is 0 Å². The van der Waals surface area contributed by atoms with E-state index < -0.39 is 17.3 Å². The number of rotatable bonds is 5. The standard InChI is InChI=1S/C11H16Cl2O4/c1-6(2)16-9(14)5-8(12)10(13)11(15)17-7(3)4/h5-7,10H,1-4H3/b8-5-. The second kappa shape index (κ2) is 7.56. The van der Waals surface area contributed by atoms with Gasteiger partial charge in [-0.3, -0.25) is 4.79 Å².